The molecule has 0 radical (unpaired) electrons. The summed E-state index contributed by atoms with van der Waals surface area (Å²) in [5.74, 6) is 0.768. The Morgan fingerprint density at radius 1 is 0.968 bits per heavy atom. The van der Waals surface area contributed by atoms with E-state index >= 15 is 0 Å². The van der Waals surface area contributed by atoms with E-state index in [0.717, 1.165) is 29.8 Å². The van der Waals surface area contributed by atoms with Crippen LogP contribution < -0.4 is 20.1 Å². The minimum atomic E-state index is -0.443. The Morgan fingerprint density at radius 2 is 1.81 bits per heavy atom. The number of amides is 1. The van der Waals surface area contributed by atoms with Gasteiger partial charge in [-0.2, -0.15) is 0 Å². The first-order valence-electron chi connectivity index (χ1n) is 11.1. The second kappa shape index (κ2) is 6.84. The van der Waals surface area contributed by atoms with Gasteiger partial charge in [-0.1, -0.05) is 48.5 Å². The Morgan fingerprint density at radius 3 is 2.68 bits per heavy atom. The van der Waals surface area contributed by atoms with E-state index in [2.05, 4.69) is 54.6 Å². The van der Waals surface area contributed by atoms with E-state index in [0.29, 0.717) is 0 Å². The number of ether oxygens (including phenoxy) is 1. The van der Waals surface area contributed by atoms with Gasteiger partial charge in [-0.05, 0) is 87.9 Å². The van der Waals surface area contributed by atoms with Gasteiger partial charge in [0.25, 0.3) is 5.91 Å². The van der Waals surface area contributed by atoms with Crippen molar-refractivity contribution in [1.82, 2.24) is 0 Å². The van der Waals surface area contributed by atoms with Crippen LogP contribution in [0.1, 0.15) is 36.5 Å². The molecule has 3 heteroatoms. The molecule has 2 aliphatic carbocycles. The van der Waals surface area contributed by atoms with Gasteiger partial charge in [0.2, 0.25) is 0 Å². The highest BCUT2D eigenvalue weighted by Gasteiger charge is 2.29. The molecule has 0 saturated heterocycles. The van der Waals surface area contributed by atoms with Crippen LogP contribution in [-0.2, 0) is 17.6 Å². The first-order chi connectivity index (χ1) is 15.1. The molecular weight excluding hydrogens is 382 g/mol. The van der Waals surface area contributed by atoms with Crippen LogP contribution >= 0.6 is 0 Å². The monoisotopic (exact) mass is 407 g/mol. The normalized spacial score (nSPS) is 18.9. The van der Waals surface area contributed by atoms with Gasteiger partial charge in [-0.3, -0.25) is 4.79 Å². The molecule has 3 aromatic rings. The lowest BCUT2D eigenvalue weighted by atomic mass is 9.84. The number of likely N-dealkylation sites (N-methyl/N-ethyl adjacent to an activating group) is 1. The van der Waals surface area contributed by atoms with Gasteiger partial charge >= 0.3 is 0 Å². The highest BCUT2D eigenvalue weighted by Crippen LogP contribution is 2.36. The molecule has 1 amide bonds. The fraction of sp³-hybridized carbons (Fsp3) is 0.250. The molecule has 0 saturated carbocycles. The van der Waals surface area contributed by atoms with Crippen molar-refractivity contribution in [3.05, 3.63) is 92.2 Å². The maximum Gasteiger partial charge on any atom is 0.267 e. The van der Waals surface area contributed by atoms with E-state index in [1.807, 2.05) is 13.1 Å². The van der Waals surface area contributed by atoms with Gasteiger partial charge in [-0.25, -0.2) is 0 Å². The van der Waals surface area contributed by atoms with Crippen LogP contribution in [0, 0.1) is 10.4 Å². The van der Waals surface area contributed by atoms with Crippen molar-refractivity contribution in [2.45, 2.75) is 38.7 Å². The molecule has 3 aromatic carbocycles. The Kier molecular flexibility index (Phi) is 4.07. The zero-order valence-corrected chi connectivity index (χ0v) is 17.9. The van der Waals surface area contributed by atoms with E-state index < -0.39 is 6.10 Å². The third-order valence-electron chi connectivity index (χ3n) is 7.01. The van der Waals surface area contributed by atoms with Crippen LogP contribution in [0.3, 0.4) is 0 Å². The standard InChI is InChI=1S/C28H25NO2/c1-17-28(30)29(2)26-15-19(12-14-27(26)31-17)24-16-25-20-8-4-3-7-18(20)11-13-23(25)21-9-5-6-10-22(21)24/h5-7,9-15,17H,3-4,8,16H2,1-2H3. The van der Waals surface area contributed by atoms with Gasteiger partial charge in [0, 0.05) is 7.05 Å². The molecular formula is C28H25NO2. The highest BCUT2D eigenvalue weighted by molar-refractivity contribution is 5.99. The molecule has 3 aliphatic rings. The summed E-state index contributed by atoms with van der Waals surface area (Å²) in [6.07, 6.45) is 6.40. The molecule has 0 bridgehead atoms. The molecule has 0 spiro atoms. The predicted octanol–water partition coefficient (Wildman–Crippen LogP) is 3.59. The molecule has 1 aliphatic heterocycles. The van der Waals surface area contributed by atoms with Gasteiger partial charge in [0.05, 0.1) is 5.69 Å². The summed E-state index contributed by atoms with van der Waals surface area (Å²) in [6, 6.07) is 19.6. The van der Waals surface area contributed by atoms with Crippen LogP contribution in [0.15, 0.2) is 54.6 Å². The molecule has 1 unspecified atom stereocenters. The van der Waals surface area contributed by atoms with E-state index in [1.54, 1.807) is 11.8 Å². The van der Waals surface area contributed by atoms with Gasteiger partial charge in [-0.15, -0.1) is 0 Å². The number of fused-ring (bicyclic) bond motifs is 5. The Balaban J connectivity index is 1.62. The van der Waals surface area contributed by atoms with Gasteiger partial charge < -0.3 is 9.64 Å². The van der Waals surface area contributed by atoms with Gasteiger partial charge in [0.15, 0.2) is 6.10 Å². The number of nitrogens with zero attached hydrogens (tertiary/aromatic N) is 1. The maximum absolute atomic E-state index is 12.5. The lowest BCUT2D eigenvalue weighted by molar-refractivity contribution is -0.125. The lowest BCUT2D eigenvalue weighted by Crippen LogP contribution is -2.42. The summed E-state index contributed by atoms with van der Waals surface area (Å²) in [5, 5.41) is 5.37. The summed E-state index contributed by atoms with van der Waals surface area (Å²) in [4.78, 5) is 14.2. The Hall–Kier alpha value is -3.33. The van der Waals surface area contributed by atoms with Crippen molar-refractivity contribution in [3.63, 3.8) is 0 Å². The average molecular weight is 408 g/mol. The molecule has 1 heterocycles. The summed E-state index contributed by atoms with van der Waals surface area (Å²) in [5.41, 5.74) is 6.31. The molecule has 31 heavy (non-hydrogen) atoms. The third-order valence-corrected chi connectivity index (χ3v) is 7.01. The topological polar surface area (TPSA) is 29.5 Å². The van der Waals surface area contributed by atoms with Crippen molar-refractivity contribution in [3.8, 4) is 5.75 Å². The summed E-state index contributed by atoms with van der Waals surface area (Å²) in [7, 11) is 1.84. The van der Waals surface area contributed by atoms with Crippen LogP contribution in [0.25, 0.3) is 11.6 Å². The van der Waals surface area contributed by atoms with Crippen molar-refractivity contribution in [2.24, 2.45) is 0 Å². The van der Waals surface area contributed by atoms with E-state index in [1.165, 1.54) is 50.4 Å². The first-order valence-corrected chi connectivity index (χ1v) is 11.1. The molecule has 1 atom stereocenters. The summed E-state index contributed by atoms with van der Waals surface area (Å²) >= 11 is 0. The fourth-order valence-electron chi connectivity index (χ4n) is 5.40. The minimum absolute atomic E-state index is 0.00588. The molecule has 154 valence electrons. The zero-order valence-electron chi connectivity index (χ0n) is 17.9. The average Bonchev–Trinajstić information content (AvgIpc) is 2.82. The second-order valence-corrected chi connectivity index (χ2v) is 8.80. The van der Waals surface area contributed by atoms with Crippen molar-refractivity contribution >= 4 is 23.2 Å². The number of rotatable bonds is 1. The Labute approximate surface area is 181 Å². The minimum Gasteiger partial charge on any atom is -0.479 e. The molecule has 0 fully saturated rings. The number of carbonyl (C=O) groups excluding carboxylic acids is 1. The number of carbonyl (C=O) groups is 1. The number of anilines is 1. The third kappa shape index (κ3) is 2.76. The van der Waals surface area contributed by atoms with Crippen LogP contribution in [0.2, 0.25) is 0 Å². The molecule has 6 rings (SSSR count). The van der Waals surface area contributed by atoms with Crippen molar-refractivity contribution in [2.75, 3.05) is 11.9 Å². The number of hydrogen-bond donors (Lipinski definition) is 0. The van der Waals surface area contributed by atoms with E-state index in [-0.39, 0.29) is 5.91 Å². The molecule has 3 nitrogen and oxygen atoms in total. The lowest BCUT2D eigenvalue weighted by Gasteiger charge is -2.31. The second-order valence-electron chi connectivity index (χ2n) is 8.80. The SMILES string of the molecule is CC1Oc2ccc(C3=c4ccccc4=c4ccc5c(c4C3)CCCC=5)cc2N(C)C1=O. The van der Waals surface area contributed by atoms with Crippen molar-refractivity contribution in [1.29, 1.82) is 0 Å². The molecule has 0 aromatic heterocycles. The van der Waals surface area contributed by atoms with Crippen LogP contribution in [0.5, 0.6) is 5.75 Å². The smallest absolute Gasteiger partial charge is 0.267 e. The molecule has 0 N–H and O–H groups in total. The van der Waals surface area contributed by atoms with Gasteiger partial charge in [0.1, 0.15) is 5.75 Å². The van der Waals surface area contributed by atoms with E-state index in [9.17, 15) is 4.79 Å². The van der Waals surface area contributed by atoms with Crippen LogP contribution in [-0.4, -0.2) is 19.1 Å². The number of benzene rings is 3. The zero-order chi connectivity index (χ0) is 21.1. The quantitative estimate of drug-likeness (QED) is 0.617. The predicted molar refractivity (Wildman–Crippen MR) is 123 cm³/mol. The summed E-state index contributed by atoms with van der Waals surface area (Å²) < 4.78 is 5.85. The highest BCUT2D eigenvalue weighted by atomic mass is 16.5. The van der Waals surface area contributed by atoms with Crippen molar-refractivity contribution < 1.29 is 9.53 Å². The fourth-order valence-corrected chi connectivity index (χ4v) is 5.40. The number of hydrogen-bond acceptors (Lipinski definition) is 2. The van der Waals surface area contributed by atoms with Crippen LogP contribution in [0.4, 0.5) is 5.69 Å². The van der Waals surface area contributed by atoms with E-state index in [4.69, 9.17) is 4.74 Å². The largest absolute Gasteiger partial charge is 0.479 e. The maximum atomic E-state index is 12.5. The first kappa shape index (κ1) is 18.4. The Bertz CT molecular complexity index is 1470. The summed E-state index contributed by atoms with van der Waals surface area (Å²) in [6.45, 7) is 1.80.